The zero-order chi connectivity index (χ0) is 17.4. The fraction of sp³-hybridized carbons (Fsp3) is 0.0526. The summed E-state index contributed by atoms with van der Waals surface area (Å²) in [6.45, 7) is 0. The molecule has 0 unspecified atom stereocenters. The molecule has 0 amide bonds. The fourth-order valence-corrected chi connectivity index (χ4v) is 3.14. The minimum Gasteiger partial charge on any atom is -0.296 e. The van der Waals surface area contributed by atoms with Crippen molar-refractivity contribution in [3.05, 3.63) is 77.0 Å². The number of aromatic amines is 1. The summed E-state index contributed by atoms with van der Waals surface area (Å²) in [5, 5.41) is 2.91. The smallest absolute Gasteiger partial charge is 0.273 e. The first-order valence-corrected chi connectivity index (χ1v) is 8.90. The van der Waals surface area contributed by atoms with Crippen LogP contribution in [0.3, 0.4) is 0 Å². The van der Waals surface area contributed by atoms with Gasteiger partial charge in [0.15, 0.2) is 5.65 Å². The van der Waals surface area contributed by atoms with Gasteiger partial charge in [-0.1, -0.05) is 24.3 Å². The Bertz CT molecular complexity index is 1100. The summed E-state index contributed by atoms with van der Waals surface area (Å²) in [5.74, 6) is -0.303. The number of thioether (sulfide) groups is 1. The summed E-state index contributed by atoms with van der Waals surface area (Å²) < 4.78 is 14.6. The number of halogens is 1. The number of nitrogens with one attached hydrogen (secondary N) is 1. The van der Waals surface area contributed by atoms with E-state index in [-0.39, 0.29) is 11.4 Å². The maximum atomic E-state index is 13.2. The van der Waals surface area contributed by atoms with Gasteiger partial charge in [0.1, 0.15) is 5.82 Å². The Kier molecular flexibility index (Phi) is 3.89. The fourth-order valence-electron chi connectivity index (χ4n) is 2.73. The molecule has 2 aromatic heterocycles. The number of hydrogen-bond acceptors (Lipinski definition) is 3. The molecule has 0 aliphatic rings. The number of nitrogens with zero attached hydrogens (tertiary/aromatic N) is 2. The first kappa shape index (κ1) is 15.7. The van der Waals surface area contributed by atoms with Crippen molar-refractivity contribution in [2.75, 3.05) is 6.26 Å². The monoisotopic (exact) mass is 351 g/mol. The van der Waals surface area contributed by atoms with E-state index in [9.17, 15) is 9.18 Å². The molecule has 2 aromatic carbocycles. The van der Waals surface area contributed by atoms with Crippen LogP contribution in [0.25, 0.3) is 28.0 Å². The van der Waals surface area contributed by atoms with Gasteiger partial charge >= 0.3 is 0 Å². The van der Waals surface area contributed by atoms with E-state index in [0.29, 0.717) is 11.3 Å². The average molecular weight is 351 g/mol. The van der Waals surface area contributed by atoms with E-state index in [0.717, 1.165) is 21.6 Å². The molecule has 4 nitrogen and oxygen atoms in total. The summed E-state index contributed by atoms with van der Waals surface area (Å²) in [4.78, 5) is 18.2. The normalized spacial score (nSPS) is 11.1. The quantitative estimate of drug-likeness (QED) is 0.562. The van der Waals surface area contributed by atoms with Gasteiger partial charge in [0.25, 0.3) is 5.56 Å². The summed E-state index contributed by atoms with van der Waals surface area (Å²) in [6, 6.07) is 15.5. The van der Waals surface area contributed by atoms with Crippen LogP contribution in [-0.2, 0) is 0 Å². The number of fused-ring (bicyclic) bond motifs is 1. The molecule has 0 atom stereocenters. The van der Waals surface area contributed by atoms with Crippen molar-refractivity contribution < 1.29 is 4.39 Å². The summed E-state index contributed by atoms with van der Waals surface area (Å²) in [7, 11) is 0. The van der Waals surface area contributed by atoms with Crippen LogP contribution >= 0.6 is 11.8 Å². The van der Waals surface area contributed by atoms with E-state index >= 15 is 0 Å². The molecule has 1 N–H and O–H groups in total. The predicted octanol–water partition coefficient (Wildman–Crippen LogP) is 4.22. The van der Waals surface area contributed by atoms with Crippen molar-refractivity contribution in [2.24, 2.45) is 0 Å². The van der Waals surface area contributed by atoms with E-state index in [1.807, 2.05) is 30.5 Å². The van der Waals surface area contributed by atoms with Crippen LogP contribution in [0, 0.1) is 5.82 Å². The maximum Gasteiger partial charge on any atom is 0.273 e. The SMILES string of the molecule is CSc1ccc(-c2cc(=O)n3[nH]cc(-c4ccc(F)cc4)c3n2)cc1. The molecular formula is C19H14FN3OS. The Hall–Kier alpha value is -2.86. The molecule has 0 saturated carbocycles. The first-order chi connectivity index (χ1) is 12.2. The maximum absolute atomic E-state index is 13.2. The lowest BCUT2D eigenvalue weighted by Crippen LogP contribution is -2.14. The van der Waals surface area contributed by atoms with E-state index in [2.05, 4.69) is 10.1 Å². The summed E-state index contributed by atoms with van der Waals surface area (Å²) in [6.07, 6.45) is 3.72. The van der Waals surface area contributed by atoms with Crippen LogP contribution in [0.5, 0.6) is 0 Å². The third kappa shape index (κ3) is 2.85. The predicted molar refractivity (Wildman–Crippen MR) is 98.4 cm³/mol. The van der Waals surface area contributed by atoms with Gasteiger partial charge < -0.3 is 0 Å². The molecule has 0 spiro atoms. The van der Waals surface area contributed by atoms with Crippen molar-refractivity contribution >= 4 is 17.4 Å². The molecule has 124 valence electrons. The molecular weight excluding hydrogens is 337 g/mol. The van der Waals surface area contributed by atoms with Gasteiger partial charge in [0.2, 0.25) is 0 Å². The van der Waals surface area contributed by atoms with Crippen LogP contribution in [0.15, 0.2) is 70.5 Å². The Balaban J connectivity index is 1.88. The molecule has 25 heavy (non-hydrogen) atoms. The van der Waals surface area contributed by atoms with Gasteiger partial charge in [-0.15, -0.1) is 11.8 Å². The Labute approximate surface area is 147 Å². The second-order valence-corrected chi connectivity index (χ2v) is 6.44. The van der Waals surface area contributed by atoms with Crippen LogP contribution in [-0.4, -0.2) is 20.9 Å². The van der Waals surface area contributed by atoms with Gasteiger partial charge in [-0.25, -0.2) is 13.9 Å². The van der Waals surface area contributed by atoms with Crippen molar-refractivity contribution in [3.63, 3.8) is 0 Å². The Morgan fingerprint density at radius 3 is 2.40 bits per heavy atom. The van der Waals surface area contributed by atoms with E-state index < -0.39 is 0 Å². The highest BCUT2D eigenvalue weighted by Crippen LogP contribution is 2.25. The van der Waals surface area contributed by atoms with Crippen molar-refractivity contribution in [2.45, 2.75) is 4.90 Å². The third-order valence-electron chi connectivity index (χ3n) is 4.04. The van der Waals surface area contributed by atoms with Crippen LogP contribution in [0.4, 0.5) is 4.39 Å². The molecule has 0 bridgehead atoms. The lowest BCUT2D eigenvalue weighted by molar-refractivity contribution is 0.628. The molecule has 4 aromatic rings. The van der Waals surface area contributed by atoms with Gasteiger partial charge in [0, 0.05) is 28.3 Å². The first-order valence-electron chi connectivity index (χ1n) is 7.67. The number of benzene rings is 2. The lowest BCUT2D eigenvalue weighted by atomic mass is 10.1. The second kappa shape index (κ2) is 6.22. The van der Waals surface area contributed by atoms with Gasteiger partial charge in [-0.2, -0.15) is 0 Å². The molecule has 0 fully saturated rings. The van der Waals surface area contributed by atoms with Crippen LogP contribution in [0.1, 0.15) is 0 Å². The number of aromatic nitrogens is 3. The molecule has 0 radical (unpaired) electrons. The van der Waals surface area contributed by atoms with Crippen molar-refractivity contribution in [1.82, 2.24) is 14.6 Å². The van der Waals surface area contributed by atoms with E-state index in [1.165, 1.54) is 22.7 Å². The van der Waals surface area contributed by atoms with Crippen molar-refractivity contribution in [3.8, 4) is 22.4 Å². The number of hydrogen-bond donors (Lipinski definition) is 1. The molecule has 0 aliphatic heterocycles. The summed E-state index contributed by atoms with van der Waals surface area (Å²) in [5.41, 5.74) is 3.36. The molecule has 6 heteroatoms. The molecule has 0 aliphatic carbocycles. The minimum atomic E-state index is -0.303. The van der Waals surface area contributed by atoms with Crippen LogP contribution < -0.4 is 5.56 Å². The van der Waals surface area contributed by atoms with E-state index in [4.69, 9.17) is 0 Å². The third-order valence-corrected chi connectivity index (χ3v) is 4.78. The van der Waals surface area contributed by atoms with Crippen molar-refractivity contribution in [1.29, 1.82) is 0 Å². The highest BCUT2D eigenvalue weighted by atomic mass is 32.2. The molecule has 2 heterocycles. The van der Waals surface area contributed by atoms with Gasteiger partial charge in [-0.05, 0) is 36.1 Å². The zero-order valence-corrected chi connectivity index (χ0v) is 14.2. The summed E-state index contributed by atoms with van der Waals surface area (Å²) >= 11 is 1.66. The standard InChI is InChI=1S/C19H14FN3OS/c1-25-15-8-4-13(5-9-15)17-10-18(24)23-19(22-17)16(11-21-23)12-2-6-14(20)7-3-12/h2-11,21H,1H3. The average Bonchev–Trinajstić information content (AvgIpc) is 3.07. The second-order valence-electron chi connectivity index (χ2n) is 5.56. The highest BCUT2D eigenvalue weighted by molar-refractivity contribution is 7.98. The topological polar surface area (TPSA) is 50.2 Å². The lowest BCUT2D eigenvalue weighted by Gasteiger charge is -2.04. The van der Waals surface area contributed by atoms with Crippen LogP contribution in [0.2, 0.25) is 0 Å². The number of H-pyrrole nitrogens is 1. The minimum absolute atomic E-state index is 0.192. The van der Waals surface area contributed by atoms with Gasteiger partial charge in [0.05, 0.1) is 5.69 Å². The van der Waals surface area contributed by atoms with E-state index in [1.54, 1.807) is 30.1 Å². The molecule has 4 rings (SSSR count). The molecule has 0 saturated heterocycles. The highest BCUT2D eigenvalue weighted by Gasteiger charge is 2.12. The zero-order valence-electron chi connectivity index (χ0n) is 13.4. The largest absolute Gasteiger partial charge is 0.296 e. The number of rotatable bonds is 3. The van der Waals surface area contributed by atoms with Gasteiger partial charge in [-0.3, -0.25) is 9.89 Å². The Morgan fingerprint density at radius 1 is 1.04 bits per heavy atom. The Morgan fingerprint density at radius 2 is 1.72 bits per heavy atom.